The Kier molecular flexibility index (Phi) is 3.10. The van der Waals surface area contributed by atoms with Crippen LogP contribution in [0.3, 0.4) is 0 Å². The van der Waals surface area contributed by atoms with Gasteiger partial charge in [-0.2, -0.15) is 0 Å². The second-order valence-electron chi connectivity index (χ2n) is 3.70. The molecule has 7 heteroatoms. The third-order valence-corrected chi connectivity index (χ3v) is 3.26. The summed E-state index contributed by atoms with van der Waals surface area (Å²) < 4.78 is 1.66. The van der Waals surface area contributed by atoms with Crippen molar-refractivity contribution in [2.24, 2.45) is 7.05 Å². The minimum absolute atomic E-state index is 0.105. The number of nitrogens with zero attached hydrogens (tertiary/aromatic N) is 4. The summed E-state index contributed by atoms with van der Waals surface area (Å²) in [6.45, 7) is 0.637. The molecule has 0 bridgehead atoms. The minimum Gasteiger partial charge on any atom is -0.358 e. The lowest BCUT2D eigenvalue weighted by Crippen LogP contribution is -2.19. The number of imidazole rings is 1. The maximum atomic E-state index is 10.8. The average Bonchev–Trinajstić information content (AvgIpc) is 2.86. The van der Waals surface area contributed by atoms with Crippen molar-refractivity contribution in [2.45, 2.75) is 6.54 Å². The van der Waals surface area contributed by atoms with Gasteiger partial charge in [-0.15, -0.1) is 11.3 Å². The van der Waals surface area contributed by atoms with E-state index in [9.17, 15) is 10.1 Å². The quantitative estimate of drug-likeness (QED) is 0.617. The van der Waals surface area contributed by atoms with E-state index in [4.69, 9.17) is 0 Å². The molecule has 90 valence electrons. The molecule has 2 aromatic rings. The van der Waals surface area contributed by atoms with Gasteiger partial charge in [0.05, 0.1) is 6.54 Å². The first kappa shape index (κ1) is 11.6. The van der Waals surface area contributed by atoms with Crippen molar-refractivity contribution < 1.29 is 4.92 Å². The molecule has 0 N–H and O–H groups in total. The van der Waals surface area contributed by atoms with Crippen molar-refractivity contribution in [2.75, 3.05) is 11.9 Å². The molecule has 2 rings (SSSR count). The highest BCUT2D eigenvalue weighted by atomic mass is 32.1. The highest BCUT2D eigenvalue weighted by Gasteiger charge is 2.23. The zero-order valence-corrected chi connectivity index (χ0v) is 10.3. The number of aromatic nitrogens is 2. The molecule has 0 atom stereocenters. The number of thiophene rings is 1. The van der Waals surface area contributed by atoms with Crippen molar-refractivity contribution in [1.82, 2.24) is 9.55 Å². The van der Waals surface area contributed by atoms with Gasteiger partial charge in [-0.1, -0.05) is 6.07 Å². The average molecular weight is 252 g/mol. The third-order valence-electron chi connectivity index (χ3n) is 2.39. The van der Waals surface area contributed by atoms with Crippen LogP contribution < -0.4 is 4.90 Å². The third kappa shape index (κ3) is 2.28. The lowest BCUT2D eigenvalue weighted by atomic mass is 10.4. The summed E-state index contributed by atoms with van der Waals surface area (Å²) in [5, 5.41) is 12.8. The maximum absolute atomic E-state index is 10.8. The first-order valence-corrected chi connectivity index (χ1v) is 5.87. The van der Waals surface area contributed by atoms with Gasteiger partial charge in [-0.05, 0) is 21.4 Å². The monoisotopic (exact) mass is 252 g/mol. The molecule has 0 radical (unpaired) electrons. The van der Waals surface area contributed by atoms with Crippen molar-refractivity contribution in [3.05, 3.63) is 38.8 Å². The molecule has 0 aromatic carbocycles. The summed E-state index contributed by atoms with van der Waals surface area (Å²) in [4.78, 5) is 17.2. The van der Waals surface area contributed by atoms with Gasteiger partial charge in [0.25, 0.3) is 0 Å². The molecule has 6 nitrogen and oxygen atoms in total. The van der Waals surface area contributed by atoms with Gasteiger partial charge in [-0.25, -0.2) is 0 Å². The predicted molar refractivity (Wildman–Crippen MR) is 66.3 cm³/mol. The van der Waals surface area contributed by atoms with Gasteiger partial charge in [-0.3, -0.25) is 4.57 Å². The number of rotatable bonds is 4. The van der Waals surface area contributed by atoms with Crippen LogP contribution in [0.1, 0.15) is 4.88 Å². The van der Waals surface area contributed by atoms with Crippen molar-refractivity contribution in [3.63, 3.8) is 0 Å². The van der Waals surface area contributed by atoms with E-state index in [1.54, 1.807) is 23.0 Å². The van der Waals surface area contributed by atoms with Crippen molar-refractivity contribution in [1.29, 1.82) is 0 Å². The Morgan fingerprint density at radius 2 is 2.41 bits per heavy atom. The first-order chi connectivity index (χ1) is 8.09. The Labute approximate surface area is 102 Å². The number of hydrogen-bond donors (Lipinski definition) is 0. The fourth-order valence-electron chi connectivity index (χ4n) is 1.69. The number of nitro groups is 1. The molecule has 0 saturated carbocycles. The highest BCUT2D eigenvalue weighted by molar-refractivity contribution is 7.09. The van der Waals surface area contributed by atoms with E-state index in [1.165, 1.54) is 6.33 Å². The molecular weight excluding hydrogens is 240 g/mol. The smallest absolute Gasteiger partial charge is 0.358 e. The standard InChI is InChI=1S/C10H12N4O2S/c1-12(6-8-4-3-5-17-8)10-9(14(15)16)11-7-13(10)2/h3-5,7H,6H2,1-2H3. The van der Waals surface area contributed by atoms with E-state index in [0.29, 0.717) is 12.4 Å². The summed E-state index contributed by atoms with van der Waals surface area (Å²) in [6, 6.07) is 3.97. The van der Waals surface area contributed by atoms with Gasteiger partial charge in [0.15, 0.2) is 0 Å². The molecule has 0 unspecified atom stereocenters. The van der Waals surface area contributed by atoms with Crippen LogP contribution in [0.15, 0.2) is 23.8 Å². The second kappa shape index (κ2) is 4.54. The van der Waals surface area contributed by atoms with Gasteiger partial charge in [0.2, 0.25) is 12.1 Å². The van der Waals surface area contributed by atoms with Gasteiger partial charge in [0.1, 0.15) is 0 Å². The highest BCUT2D eigenvalue weighted by Crippen LogP contribution is 2.26. The second-order valence-corrected chi connectivity index (χ2v) is 4.73. The van der Waals surface area contributed by atoms with E-state index in [0.717, 1.165) is 4.88 Å². The van der Waals surface area contributed by atoms with Crippen LogP contribution in [0, 0.1) is 10.1 Å². The summed E-state index contributed by atoms with van der Waals surface area (Å²) in [5.74, 6) is 0.412. The predicted octanol–water partition coefficient (Wildman–Crippen LogP) is 2.03. The zero-order chi connectivity index (χ0) is 12.4. The molecule has 17 heavy (non-hydrogen) atoms. The zero-order valence-electron chi connectivity index (χ0n) is 9.53. The fourth-order valence-corrected chi connectivity index (χ4v) is 2.45. The fraction of sp³-hybridized carbons (Fsp3) is 0.300. The van der Waals surface area contributed by atoms with Crippen LogP contribution in [0.4, 0.5) is 11.6 Å². The van der Waals surface area contributed by atoms with E-state index in [-0.39, 0.29) is 5.82 Å². The first-order valence-electron chi connectivity index (χ1n) is 4.99. The number of anilines is 1. The summed E-state index contributed by atoms with van der Waals surface area (Å²) in [6.07, 6.45) is 1.46. The lowest BCUT2D eigenvalue weighted by Gasteiger charge is -2.17. The topological polar surface area (TPSA) is 64.2 Å². The molecule has 0 aliphatic rings. The Hall–Kier alpha value is -1.89. The number of hydrogen-bond acceptors (Lipinski definition) is 5. The number of aryl methyl sites for hydroxylation is 1. The van der Waals surface area contributed by atoms with Crippen LogP contribution in [-0.2, 0) is 13.6 Å². The molecule has 2 aromatic heterocycles. The van der Waals surface area contributed by atoms with Crippen LogP contribution in [0.2, 0.25) is 0 Å². The SMILES string of the molecule is CN(Cc1cccs1)c1c([N+](=O)[O-])ncn1C. The van der Waals surface area contributed by atoms with Crippen LogP contribution >= 0.6 is 11.3 Å². The minimum atomic E-state index is -0.458. The summed E-state index contributed by atoms with van der Waals surface area (Å²) in [5.41, 5.74) is 0. The Bertz CT molecular complexity index is 520. The Balaban J connectivity index is 2.27. The van der Waals surface area contributed by atoms with Crippen molar-refractivity contribution >= 4 is 23.0 Å². The largest absolute Gasteiger partial charge is 0.406 e. The van der Waals surface area contributed by atoms with E-state index < -0.39 is 4.92 Å². The molecule has 0 aliphatic carbocycles. The van der Waals surface area contributed by atoms with Gasteiger partial charge in [0, 0.05) is 19.0 Å². The normalized spacial score (nSPS) is 10.5. The molecule has 0 aliphatic heterocycles. The van der Waals surface area contributed by atoms with Gasteiger partial charge < -0.3 is 15.0 Å². The molecule has 0 amide bonds. The molecule has 0 spiro atoms. The molecule has 2 heterocycles. The summed E-state index contributed by atoms with van der Waals surface area (Å²) in [7, 11) is 3.57. The van der Waals surface area contributed by atoms with Crippen LogP contribution in [0.25, 0.3) is 0 Å². The summed E-state index contributed by atoms with van der Waals surface area (Å²) >= 11 is 1.63. The maximum Gasteiger partial charge on any atom is 0.406 e. The molecule has 0 saturated heterocycles. The van der Waals surface area contributed by atoms with Crippen LogP contribution in [-0.4, -0.2) is 21.5 Å². The van der Waals surface area contributed by atoms with E-state index in [2.05, 4.69) is 4.98 Å². The van der Waals surface area contributed by atoms with Crippen molar-refractivity contribution in [3.8, 4) is 0 Å². The van der Waals surface area contributed by atoms with Gasteiger partial charge >= 0.3 is 5.82 Å². The van der Waals surface area contributed by atoms with E-state index in [1.807, 2.05) is 29.5 Å². The Morgan fingerprint density at radius 3 is 3.00 bits per heavy atom. The lowest BCUT2D eigenvalue weighted by molar-refractivity contribution is -0.388. The molecular formula is C10H12N4O2S. The van der Waals surface area contributed by atoms with E-state index >= 15 is 0 Å². The Morgan fingerprint density at radius 1 is 1.65 bits per heavy atom. The van der Waals surface area contributed by atoms with Crippen LogP contribution in [0.5, 0.6) is 0 Å². The molecule has 0 fully saturated rings.